The Balaban J connectivity index is 1.53. The minimum Gasteiger partial charge on any atom is -0.396 e. The highest BCUT2D eigenvalue weighted by molar-refractivity contribution is 6.34. The van der Waals surface area contributed by atoms with E-state index in [4.69, 9.17) is 17.3 Å². The molecule has 0 atom stereocenters. The van der Waals surface area contributed by atoms with Crippen LogP contribution in [0.4, 0.5) is 11.5 Å². The molecule has 0 saturated carbocycles. The Kier molecular flexibility index (Phi) is 6.52. The number of aromatic nitrogens is 2. The van der Waals surface area contributed by atoms with Crippen molar-refractivity contribution in [1.82, 2.24) is 15.3 Å². The molecule has 4 N–H and O–H groups in total. The predicted molar refractivity (Wildman–Crippen MR) is 131 cm³/mol. The van der Waals surface area contributed by atoms with Gasteiger partial charge in [0.05, 0.1) is 27.5 Å². The second-order valence-corrected chi connectivity index (χ2v) is 7.88. The van der Waals surface area contributed by atoms with Gasteiger partial charge in [0.15, 0.2) is 0 Å². The average molecular weight is 446 g/mol. The number of amides is 1. The van der Waals surface area contributed by atoms with Crippen molar-refractivity contribution in [2.24, 2.45) is 0 Å². The zero-order valence-corrected chi connectivity index (χ0v) is 18.5. The van der Waals surface area contributed by atoms with Gasteiger partial charge in [-0.2, -0.15) is 0 Å². The largest absolute Gasteiger partial charge is 0.396 e. The van der Waals surface area contributed by atoms with Crippen LogP contribution in [-0.2, 0) is 6.54 Å². The first kappa shape index (κ1) is 21.6. The van der Waals surface area contributed by atoms with E-state index in [0.717, 1.165) is 28.5 Å². The van der Waals surface area contributed by atoms with Gasteiger partial charge in [0.25, 0.3) is 5.91 Å². The molecule has 0 aliphatic heterocycles. The van der Waals surface area contributed by atoms with Gasteiger partial charge in [-0.05, 0) is 54.4 Å². The molecule has 0 aliphatic carbocycles. The van der Waals surface area contributed by atoms with E-state index < -0.39 is 0 Å². The Hall–Kier alpha value is -3.64. The summed E-state index contributed by atoms with van der Waals surface area (Å²) in [7, 11) is 0. The quantitative estimate of drug-likeness (QED) is 0.359. The number of rotatable bonds is 7. The summed E-state index contributed by atoms with van der Waals surface area (Å²) >= 11 is 6.38. The first-order valence-corrected chi connectivity index (χ1v) is 10.8. The molecule has 4 rings (SSSR count). The molecule has 0 bridgehead atoms. The van der Waals surface area contributed by atoms with Gasteiger partial charge in [-0.1, -0.05) is 36.7 Å². The second kappa shape index (κ2) is 9.66. The number of nitrogen functional groups attached to an aromatic ring is 1. The summed E-state index contributed by atoms with van der Waals surface area (Å²) in [6.07, 6.45) is 2.65. The third-order valence-electron chi connectivity index (χ3n) is 5.10. The van der Waals surface area contributed by atoms with Gasteiger partial charge in [-0.15, -0.1) is 0 Å². The first-order chi connectivity index (χ1) is 15.5. The molecule has 32 heavy (non-hydrogen) atoms. The van der Waals surface area contributed by atoms with Crippen LogP contribution in [0.25, 0.3) is 22.2 Å². The van der Waals surface area contributed by atoms with Gasteiger partial charge in [0.1, 0.15) is 5.82 Å². The summed E-state index contributed by atoms with van der Waals surface area (Å²) in [6.45, 7) is 3.18. The van der Waals surface area contributed by atoms with Crippen LogP contribution in [0, 0.1) is 0 Å². The highest BCUT2D eigenvalue weighted by Crippen LogP contribution is 2.28. The second-order valence-electron chi connectivity index (χ2n) is 7.47. The number of hydrogen-bond acceptors (Lipinski definition) is 5. The lowest BCUT2D eigenvalue weighted by atomic mass is 10.1. The fourth-order valence-electron chi connectivity index (χ4n) is 3.39. The van der Waals surface area contributed by atoms with Gasteiger partial charge in [0.2, 0.25) is 0 Å². The number of nitrogens with two attached hydrogens (primary N) is 1. The Morgan fingerprint density at radius 1 is 1.09 bits per heavy atom. The van der Waals surface area contributed by atoms with E-state index in [1.165, 1.54) is 0 Å². The molecule has 0 spiro atoms. The molecule has 2 aromatic carbocycles. The van der Waals surface area contributed by atoms with Crippen molar-refractivity contribution in [3.05, 3.63) is 83.0 Å². The van der Waals surface area contributed by atoms with E-state index in [1.54, 1.807) is 18.3 Å². The molecule has 7 heteroatoms. The number of hydrogen-bond donors (Lipinski definition) is 3. The molecule has 2 aromatic heterocycles. The summed E-state index contributed by atoms with van der Waals surface area (Å²) in [5.41, 5.74) is 10.7. The third-order valence-corrected chi connectivity index (χ3v) is 5.41. The van der Waals surface area contributed by atoms with E-state index in [-0.39, 0.29) is 5.91 Å². The van der Waals surface area contributed by atoms with Crippen LogP contribution in [0.3, 0.4) is 0 Å². The number of benzene rings is 2. The third kappa shape index (κ3) is 4.81. The van der Waals surface area contributed by atoms with Crippen molar-refractivity contribution in [3.63, 3.8) is 0 Å². The molecule has 1 amide bonds. The number of anilines is 2. The zero-order valence-electron chi connectivity index (χ0n) is 17.7. The van der Waals surface area contributed by atoms with E-state index in [9.17, 15) is 4.79 Å². The Morgan fingerprint density at radius 3 is 2.78 bits per heavy atom. The number of pyridine rings is 2. The lowest BCUT2D eigenvalue weighted by Crippen LogP contribution is -2.24. The average Bonchev–Trinajstić information content (AvgIpc) is 2.81. The van der Waals surface area contributed by atoms with Gasteiger partial charge >= 0.3 is 0 Å². The first-order valence-electron chi connectivity index (χ1n) is 10.5. The van der Waals surface area contributed by atoms with Crippen LogP contribution in [0.5, 0.6) is 0 Å². The maximum atomic E-state index is 12.2. The molecule has 0 radical (unpaired) electrons. The number of nitrogens with one attached hydrogen (secondary N) is 2. The van der Waals surface area contributed by atoms with Crippen molar-refractivity contribution in [2.75, 3.05) is 17.6 Å². The van der Waals surface area contributed by atoms with E-state index in [2.05, 4.69) is 26.7 Å². The van der Waals surface area contributed by atoms with Crippen LogP contribution >= 0.6 is 11.6 Å². The smallest absolute Gasteiger partial charge is 0.252 e. The van der Waals surface area contributed by atoms with Gasteiger partial charge in [-0.3, -0.25) is 9.78 Å². The van der Waals surface area contributed by atoms with Crippen molar-refractivity contribution < 1.29 is 4.79 Å². The number of nitrogens with zero attached hydrogens (tertiary/aromatic N) is 2. The van der Waals surface area contributed by atoms with Crippen LogP contribution in [0.2, 0.25) is 5.02 Å². The van der Waals surface area contributed by atoms with Crippen LogP contribution in [0.15, 0.2) is 66.9 Å². The standard InChI is InChI=1S/C25H24ClN5O/c1-2-11-29-25(32)19-7-6-18(14-20(19)26)23-10-8-21(27)24(31-23)30-15-16-5-9-22-17(13-16)4-3-12-28-22/h3-10,12-14H,2,11,15,27H2,1H3,(H,29,32)(H,30,31). The van der Waals surface area contributed by atoms with E-state index >= 15 is 0 Å². The monoisotopic (exact) mass is 445 g/mol. The molecule has 162 valence electrons. The fourth-order valence-corrected chi connectivity index (χ4v) is 3.65. The molecule has 4 aromatic rings. The van der Waals surface area contributed by atoms with Crippen molar-refractivity contribution >= 4 is 39.9 Å². The van der Waals surface area contributed by atoms with E-state index in [0.29, 0.717) is 40.9 Å². The maximum absolute atomic E-state index is 12.2. The molecular weight excluding hydrogens is 422 g/mol. The van der Waals surface area contributed by atoms with Gasteiger partial charge in [-0.25, -0.2) is 4.98 Å². The van der Waals surface area contributed by atoms with Crippen LogP contribution in [-0.4, -0.2) is 22.4 Å². The minimum atomic E-state index is -0.179. The molecule has 0 fully saturated rings. The molecule has 0 unspecified atom stereocenters. The summed E-state index contributed by atoms with van der Waals surface area (Å²) in [4.78, 5) is 21.3. The minimum absolute atomic E-state index is 0.179. The summed E-state index contributed by atoms with van der Waals surface area (Å²) in [5.74, 6) is 0.413. The lowest BCUT2D eigenvalue weighted by molar-refractivity contribution is 0.0954. The lowest BCUT2D eigenvalue weighted by Gasteiger charge is -2.12. The Bertz CT molecular complexity index is 1270. The fraction of sp³-hybridized carbons (Fsp3) is 0.160. The SMILES string of the molecule is CCCNC(=O)c1ccc(-c2ccc(N)c(NCc3ccc4ncccc4c3)n2)cc1Cl. The Labute approximate surface area is 191 Å². The van der Waals surface area contributed by atoms with Crippen molar-refractivity contribution in [1.29, 1.82) is 0 Å². The molecular formula is C25H24ClN5O. The molecule has 6 nitrogen and oxygen atoms in total. The number of fused-ring (bicyclic) bond motifs is 1. The summed E-state index contributed by atoms with van der Waals surface area (Å²) in [5, 5.41) is 7.62. The predicted octanol–water partition coefficient (Wildman–Crippen LogP) is 5.28. The topological polar surface area (TPSA) is 92.9 Å². The number of halogens is 1. The van der Waals surface area contributed by atoms with Crippen molar-refractivity contribution in [2.45, 2.75) is 19.9 Å². The molecule has 2 heterocycles. The van der Waals surface area contributed by atoms with Gasteiger partial charge < -0.3 is 16.4 Å². The van der Waals surface area contributed by atoms with Crippen molar-refractivity contribution in [3.8, 4) is 11.3 Å². The number of carbonyl (C=O) groups excluding carboxylic acids is 1. The molecule has 0 aliphatic rings. The highest BCUT2D eigenvalue weighted by atomic mass is 35.5. The summed E-state index contributed by atoms with van der Waals surface area (Å²) < 4.78 is 0. The maximum Gasteiger partial charge on any atom is 0.252 e. The number of carbonyl (C=O) groups is 1. The van der Waals surface area contributed by atoms with Crippen LogP contribution < -0.4 is 16.4 Å². The Morgan fingerprint density at radius 2 is 1.97 bits per heavy atom. The normalized spacial score (nSPS) is 10.8. The summed E-state index contributed by atoms with van der Waals surface area (Å²) in [6, 6.07) is 19.0. The van der Waals surface area contributed by atoms with E-state index in [1.807, 2.05) is 49.4 Å². The molecule has 0 saturated heterocycles. The zero-order chi connectivity index (χ0) is 22.5. The van der Waals surface area contributed by atoms with Gasteiger partial charge in [0, 0.05) is 30.2 Å². The van der Waals surface area contributed by atoms with Crippen LogP contribution in [0.1, 0.15) is 29.3 Å². The highest BCUT2D eigenvalue weighted by Gasteiger charge is 2.12.